The van der Waals surface area contributed by atoms with E-state index in [0.717, 1.165) is 5.39 Å². The van der Waals surface area contributed by atoms with Crippen molar-refractivity contribution in [2.75, 3.05) is 6.61 Å². The van der Waals surface area contributed by atoms with E-state index in [4.69, 9.17) is 4.74 Å². The van der Waals surface area contributed by atoms with Crippen LogP contribution in [0, 0.1) is 0 Å². The van der Waals surface area contributed by atoms with Crippen LogP contribution in [0.25, 0.3) is 10.8 Å². The van der Waals surface area contributed by atoms with E-state index in [1.54, 1.807) is 54.6 Å². The lowest BCUT2D eigenvalue weighted by Crippen LogP contribution is -2.32. The van der Waals surface area contributed by atoms with Gasteiger partial charge in [-0.1, -0.05) is 48.5 Å². The number of hydrogen-bond acceptors (Lipinski definition) is 5. The largest absolute Gasteiger partial charge is 0.507 e. The first-order valence-corrected chi connectivity index (χ1v) is 8.98. The fourth-order valence-electron chi connectivity index (χ4n) is 3.05. The predicted octanol–water partition coefficient (Wildman–Crippen LogP) is 3.93. The van der Waals surface area contributed by atoms with Crippen molar-refractivity contribution >= 4 is 22.8 Å². The summed E-state index contributed by atoms with van der Waals surface area (Å²) in [6.07, 6.45) is -0.756. The van der Waals surface area contributed by atoms with Crippen molar-refractivity contribution in [3.05, 3.63) is 77.9 Å². The van der Waals surface area contributed by atoms with Gasteiger partial charge in [0.1, 0.15) is 11.9 Å². The molecule has 0 spiro atoms. The van der Waals surface area contributed by atoms with Gasteiger partial charge in [0.05, 0.1) is 0 Å². The Bertz CT molecular complexity index is 971. The quantitative estimate of drug-likeness (QED) is 0.603. The molecule has 3 aromatic rings. The van der Waals surface area contributed by atoms with Crippen LogP contribution in [-0.2, 0) is 4.74 Å². The Balaban J connectivity index is 1.82. The summed E-state index contributed by atoms with van der Waals surface area (Å²) in [6.45, 7) is -0.0551. The number of ether oxygens (including phenoxy) is 1. The molecular formula is C22H21NO5. The summed E-state index contributed by atoms with van der Waals surface area (Å²) in [5.41, 5.74) is 1.05. The lowest BCUT2D eigenvalue weighted by Gasteiger charge is -2.20. The van der Waals surface area contributed by atoms with Crippen molar-refractivity contribution < 1.29 is 24.5 Å². The van der Waals surface area contributed by atoms with Crippen LogP contribution in [0.2, 0.25) is 0 Å². The molecule has 0 bridgehead atoms. The van der Waals surface area contributed by atoms with E-state index in [-0.39, 0.29) is 12.4 Å². The maximum atomic E-state index is 12.3. The molecule has 0 radical (unpaired) electrons. The first-order chi connectivity index (χ1) is 13.6. The summed E-state index contributed by atoms with van der Waals surface area (Å²) in [5.74, 6) is -0.425. The van der Waals surface area contributed by atoms with Crippen molar-refractivity contribution in [3.63, 3.8) is 0 Å². The van der Waals surface area contributed by atoms with Crippen LogP contribution in [0.3, 0.4) is 0 Å². The molecule has 6 nitrogen and oxygen atoms in total. The standard InChI is InChI=1S/C22H21NO5/c24-14-6-11-20(18-12-13-19(25)17-10-5-4-9-16(17)18)28-22(27)23-21(26)15-7-2-1-3-8-15/h1-5,7-10,12-13,20,24-25H,6,11,14H2,(H,23,26,27)/t20-/m1/s1. The van der Waals surface area contributed by atoms with E-state index < -0.39 is 18.1 Å². The molecule has 3 N–H and O–H groups in total. The Morgan fingerprint density at radius 1 is 0.929 bits per heavy atom. The van der Waals surface area contributed by atoms with Crippen molar-refractivity contribution in [1.82, 2.24) is 5.32 Å². The smallest absolute Gasteiger partial charge is 0.414 e. The highest BCUT2D eigenvalue weighted by atomic mass is 16.6. The molecule has 28 heavy (non-hydrogen) atoms. The van der Waals surface area contributed by atoms with E-state index in [0.29, 0.717) is 29.4 Å². The zero-order valence-electron chi connectivity index (χ0n) is 15.2. The predicted molar refractivity (Wildman–Crippen MR) is 105 cm³/mol. The SMILES string of the molecule is O=C(NC(=O)c1ccccc1)O[C@H](CCCO)c1ccc(O)c2ccccc12. The molecule has 1 atom stereocenters. The molecular weight excluding hydrogens is 358 g/mol. The summed E-state index contributed by atoms with van der Waals surface area (Å²) in [7, 11) is 0. The zero-order chi connectivity index (χ0) is 19.9. The van der Waals surface area contributed by atoms with Crippen molar-refractivity contribution in [1.29, 1.82) is 0 Å². The maximum Gasteiger partial charge on any atom is 0.414 e. The molecule has 0 unspecified atom stereocenters. The van der Waals surface area contributed by atoms with Gasteiger partial charge < -0.3 is 14.9 Å². The molecule has 0 aromatic heterocycles. The molecule has 0 heterocycles. The first kappa shape index (κ1) is 19.4. The topological polar surface area (TPSA) is 95.9 Å². The fourth-order valence-corrected chi connectivity index (χ4v) is 3.05. The molecule has 3 aromatic carbocycles. The maximum absolute atomic E-state index is 12.3. The normalized spacial score (nSPS) is 11.8. The third-order valence-electron chi connectivity index (χ3n) is 4.41. The highest BCUT2D eigenvalue weighted by Crippen LogP contribution is 2.34. The Hall–Kier alpha value is -3.38. The Labute approximate surface area is 162 Å². The molecule has 2 amide bonds. The molecule has 3 rings (SSSR count). The van der Waals surface area contributed by atoms with E-state index in [1.807, 2.05) is 12.1 Å². The van der Waals surface area contributed by atoms with Crippen LogP contribution in [0.4, 0.5) is 4.79 Å². The Morgan fingerprint density at radius 3 is 2.32 bits per heavy atom. The van der Waals surface area contributed by atoms with E-state index in [9.17, 15) is 19.8 Å². The number of carbonyl (C=O) groups excluding carboxylic acids is 2. The van der Waals surface area contributed by atoms with Gasteiger partial charge in [0.2, 0.25) is 0 Å². The summed E-state index contributed by atoms with van der Waals surface area (Å²) >= 11 is 0. The van der Waals surface area contributed by atoms with Gasteiger partial charge in [0.25, 0.3) is 5.91 Å². The molecule has 0 saturated heterocycles. The third kappa shape index (κ3) is 4.47. The lowest BCUT2D eigenvalue weighted by atomic mass is 9.97. The number of imide groups is 1. The minimum absolute atomic E-state index is 0.0551. The molecule has 0 aliphatic rings. The van der Waals surface area contributed by atoms with Crippen molar-refractivity contribution in [2.45, 2.75) is 18.9 Å². The fraction of sp³-hybridized carbons (Fsp3) is 0.182. The number of phenolic OH excluding ortho intramolecular Hbond substituents is 1. The van der Waals surface area contributed by atoms with E-state index in [2.05, 4.69) is 5.32 Å². The summed E-state index contributed by atoms with van der Waals surface area (Å²) in [4.78, 5) is 24.5. The number of nitrogens with one attached hydrogen (secondary N) is 1. The number of alkyl carbamates (subject to hydrolysis) is 1. The highest BCUT2D eigenvalue weighted by Gasteiger charge is 2.21. The lowest BCUT2D eigenvalue weighted by molar-refractivity contribution is 0.0774. The summed E-state index contributed by atoms with van der Waals surface area (Å²) in [6, 6.07) is 18.8. The Morgan fingerprint density at radius 2 is 1.61 bits per heavy atom. The number of fused-ring (bicyclic) bond motifs is 1. The van der Waals surface area contributed by atoms with E-state index in [1.165, 1.54) is 0 Å². The second kappa shape index (κ2) is 9.01. The Kier molecular flexibility index (Phi) is 6.24. The van der Waals surface area contributed by atoms with Gasteiger partial charge in [-0.25, -0.2) is 4.79 Å². The second-order valence-corrected chi connectivity index (χ2v) is 6.30. The number of hydrogen-bond donors (Lipinski definition) is 3. The number of rotatable bonds is 6. The van der Waals surface area contributed by atoms with E-state index >= 15 is 0 Å². The number of benzene rings is 3. The van der Waals surface area contributed by atoms with Gasteiger partial charge in [-0.05, 0) is 36.4 Å². The van der Waals surface area contributed by atoms with Gasteiger partial charge in [-0.15, -0.1) is 0 Å². The highest BCUT2D eigenvalue weighted by molar-refractivity contribution is 6.02. The number of amides is 2. The minimum Gasteiger partial charge on any atom is -0.507 e. The van der Waals surface area contributed by atoms with Crippen LogP contribution in [0.15, 0.2) is 66.7 Å². The average Bonchev–Trinajstić information content (AvgIpc) is 2.72. The van der Waals surface area contributed by atoms with Gasteiger partial charge in [0, 0.05) is 23.1 Å². The minimum atomic E-state index is -0.867. The van der Waals surface area contributed by atoms with Crippen LogP contribution in [-0.4, -0.2) is 28.8 Å². The molecule has 0 aliphatic carbocycles. The molecule has 0 fully saturated rings. The monoisotopic (exact) mass is 379 g/mol. The van der Waals surface area contributed by atoms with Crippen molar-refractivity contribution in [2.24, 2.45) is 0 Å². The number of aromatic hydroxyl groups is 1. The first-order valence-electron chi connectivity index (χ1n) is 8.98. The second-order valence-electron chi connectivity index (χ2n) is 6.30. The summed E-state index contributed by atoms with van der Waals surface area (Å²) < 4.78 is 5.52. The third-order valence-corrected chi connectivity index (χ3v) is 4.41. The van der Waals surface area contributed by atoms with Crippen molar-refractivity contribution in [3.8, 4) is 5.75 Å². The van der Waals surface area contributed by atoms with Gasteiger partial charge in [-0.2, -0.15) is 0 Å². The molecule has 0 saturated carbocycles. The van der Waals surface area contributed by atoms with Gasteiger partial charge in [0.15, 0.2) is 0 Å². The van der Waals surface area contributed by atoms with Gasteiger partial charge in [-0.3, -0.25) is 10.1 Å². The van der Waals surface area contributed by atoms with Gasteiger partial charge >= 0.3 is 6.09 Å². The number of phenols is 1. The number of aliphatic hydroxyl groups excluding tert-OH is 1. The van der Waals surface area contributed by atoms with Crippen LogP contribution >= 0.6 is 0 Å². The summed E-state index contributed by atoms with van der Waals surface area (Å²) in [5, 5.41) is 22.9. The molecule has 0 aliphatic heterocycles. The number of carbonyl (C=O) groups is 2. The van der Waals surface area contributed by atoms with Crippen LogP contribution in [0.1, 0.15) is 34.9 Å². The average molecular weight is 379 g/mol. The van der Waals surface area contributed by atoms with Crippen LogP contribution < -0.4 is 5.32 Å². The molecule has 6 heteroatoms. The number of aliphatic hydroxyl groups is 1. The zero-order valence-corrected chi connectivity index (χ0v) is 15.2. The van der Waals surface area contributed by atoms with Crippen LogP contribution in [0.5, 0.6) is 5.75 Å². The molecule has 144 valence electrons.